The van der Waals surface area contributed by atoms with Crippen LogP contribution in [0.25, 0.3) is 0 Å². The van der Waals surface area contributed by atoms with Gasteiger partial charge in [-0.3, -0.25) is 13.9 Å². The van der Waals surface area contributed by atoms with Crippen molar-refractivity contribution in [1.29, 1.82) is 0 Å². The van der Waals surface area contributed by atoms with Crippen molar-refractivity contribution >= 4 is 63.5 Å². The Balaban J connectivity index is 1.77. The molecule has 0 saturated heterocycles. The molecule has 1 atom stereocenters. The minimum absolute atomic E-state index is 0.0296. The van der Waals surface area contributed by atoms with E-state index in [0.29, 0.717) is 53.2 Å². The van der Waals surface area contributed by atoms with Crippen molar-refractivity contribution < 1.29 is 61.3 Å². The number of amides is 1. The standard InChI is InChI=1S/C38H47N3O13S4/c1-5-21-39-36(42)15-9-10-20-38(4)31-27-29(58(52,53)54)17-19-33(31)41(23-12-25-56(46,47)48)35(38)14-8-6-7-13-34-37(2,3)30-26-28(57(49,50)51)16-18-32(30)40(34)22-11-24-55(43,44)45/h1,6-8,13-14,16-19,26-27H,9-12,15,20-25H2,2-4H3,(H4-,39,42,43,44,45,46,47,48,49,50,51,52,53,54)/p-1. The maximum absolute atomic E-state index is 12.2. The van der Waals surface area contributed by atoms with E-state index in [-0.39, 0.29) is 54.6 Å². The summed E-state index contributed by atoms with van der Waals surface area (Å²) >= 11 is 0. The van der Waals surface area contributed by atoms with Crippen molar-refractivity contribution in [1.82, 2.24) is 5.32 Å². The average molecular weight is 881 g/mol. The summed E-state index contributed by atoms with van der Waals surface area (Å²) in [6, 6.07) is 8.13. The first-order chi connectivity index (χ1) is 26.8. The second kappa shape index (κ2) is 18.0. The first-order valence-corrected chi connectivity index (χ1v) is 24.1. The van der Waals surface area contributed by atoms with Crippen LogP contribution < -0.4 is 10.2 Å². The number of unbranched alkanes of at least 4 members (excludes halogenated alkanes) is 1. The molecular formula is C38H46N3O13S4-. The molecule has 1 unspecified atom stereocenters. The summed E-state index contributed by atoms with van der Waals surface area (Å²) in [6.07, 6.45) is 15.1. The molecule has 20 heteroatoms. The lowest BCUT2D eigenvalue weighted by atomic mass is 9.77. The highest BCUT2D eigenvalue weighted by atomic mass is 32.2. The first-order valence-electron chi connectivity index (χ1n) is 18.1. The Morgan fingerprint density at radius 2 is 1.45 bits per heavy atom. The first kappa shape index (κ1) is 46.5. The largest absolute Gasteiger partial charge is 0.748 e. The second-order valence-corrected chi connectivity index (χ2v) is 20.6. The summed E-state index contributed by atoms with van der Waals surface area (Å²) in [5, 5.41) is 2.60. The maximum Gasteiger partial charge on any atom is 0.294 e. The van der Waals surface area contributed by atoms with Crippen molar-refractivity contribution in [3.8, 4) is 12.3 Å². The fourth-order valence-electron chi connectivity index (χ4n) is 7.41. The summed E-state index contributed by atoms with van der Waals surface area (Å²) in [5.41, 5.74) is 1.57. The van der Waals surface area contributed by atoms with Crippen LogP contribution in [0.4, 0.5) is 11.4 Å². The van der Waals surface area contributed by atoms with E-state index in [4.69, 9.17) is 6.42 Å². The smallest absolute Gasteiger partial charge is 0.294 e. The number of anilines is 1. The van der Waals surface area contributed by atoms with Crippen LogP contribution in [0.2, 0.25) is 0 Å². The molecule has 2 aromatic rings. The Bertz CT molecular complexity index is 2550. The number of hydrogen-bond acceptors (Lipinski definition) is 12. The number of terminal acetylenes is 1. The molecule has 0 saturated carbocycles. The van der Waals surface area contributed by atoms with Gasteiger partial charge in [0.05, 0.1) is 42.0 Å². The average Bonchev–Trinajstić information content (AvgIpc) is 3.46. The van der Waals surface area contributed by atoms with Gasteiger partial charge in [0.25, 0.3) is 20.2 Å². The molecule has 3 N–H and O–H groups in total. The zero-order valence-electron chi connectivity index (χ0n) is 32.1. The molecule has 0 aromatic heterocycles. The van der Waals surface area contributed by atoms with Gasteiger partial charge in [-0.15, -0.1) is 6.42 Å². The van der Waals surface area contributed by atoms with Crippen molar-refractivity contribution in [2.24, 2.45) is 0 Å². The Kier molecular flexibility index (Phi) is 14.4. The fraction of sp³-hybridized carbons (Fsp3) is 0.421. The molecule has 2 heterocycles. The van der Waals surface area contributed by atoms with Gasteiger partial charge in [-0.05, 0) is 82.0 Å². The third-order valence-electron chi connectivity index (χ3n) is 10.2. The Hall–Kier alpha value is -4.20. The number of carbonyl (C=O) groups excluding carboxylic acids is 1. The van der Waals surface area contributed by atoms with Crippen molar-refractivity contribution in [2.45, 2.75) is 79.9 Å². The predicted octanol–water partition coefficient (Wildman–Crippen LogP) is 3.51. The minimum atomic E-state index is -4.63. The number of hydrogen-bond donors (Lipinski definition) is 3. The van der Waals surface area contributed by atoms with Crippen LogP contribution in [-0.2, 0) is 56.1 Å². The van der Waals surface area contributed by atoms with Gasteiger partial charge >= 0.3 is 0 Å². The molecule has 0 bridgehead atoms. The number of nitrogens with zero attached hydrogens (tertiary/aromatic N) is 2. The second-order valence-electron chi connectivity index (χ2n) is 14.7. The molecule has 2 aliphatic heterocycles. The summed E-state index contributed by atoms with van der Waals surface area (Å²) in [5.74, 6) is 0.807. The van der Waals surface area contributed by atoms with E-state index < -0.39 is 62.8 Å². The molecule has 16 nitrogen and oxygen atoms in total. The van der Waals surface area contributed by atoms with Gasteiger partial charge in [0.2, 0.25) is 11.6 Å². The molecule has 2 aromatic carbocycles. The normalized spacial score (nSPS) is 18.9. The molecule has 0 spiro atoms. The zero-order chi connectivity index (χ0) is 43.3. The predicted molar refractivity (Wildman–Crippen MR) is 215 cm³/mol. The van der Waals surface area contributed by atoms with Crippen LogP contribution in [0.15, 0.2) is 82.3 Å². The topological polar surface area (TPSA) is 258 Å². The van der Waals surface area contributed by atoms with Crippen LogP contribution in [0.5, 0.6) is 0 Å². The Morgan fingerprint density at radius 3 is 2.05 bits per heavy atom. The van der Waals surface area contributed by atoms with E-state index in [2.05, 4.69) is 11.2 Å². The van der Waals surface area contributed by atoms with Crippen molar-refractivity contribution in [3.05, 3.63) is 83.6 Å². The molecule has 58 heavy (non-hydrogen) atoms. The Labute approximate surface area is 340 Å². The molecule has 1 amide bonds. The van der Waals surface area contributed by atoms with Crippen LogP contribution in [0.1, 0.15) is 70.4 Å². The van der Waals surface area contributed by atoms with Crippen molar-refractivity contribution in [2.75, 3.05) is 36.0 Å². The number of carbonyl (C=O) groups is 1. The molecule has 2 aliphatic rings. The summed E-state index contributed by atoms with van der Waals surface area (Å²) in [6.45, 7) is 5.72. The van der Waals surface area contributed by atoms with Gasteiger partial charge < -0.3 is 19.3 Å². The Morgan fingerprint density at radius 1 is 0.845 bits per heavy atom. The van der Waals surface area contributed by atoms with Crippen LogP contribution in [-0.4, -0.2) is 99.2 Å². The molecule has 0 fully saturated rings. The summed E-state index contributed by atoms with van der Waals surface area (Å²) < 4.78 is 139. The van der Waals surface area contributed by atoms with E-state index in [9.17, 15) is 56.7 Å². The monoisotopic (exact) mass is 880 g/mol. The van der Waals surface area contributed by atoms with Crippen LogP contribution >= 0.6 is 0 Å². The van der Waals surface area contributed by atoms with Gasteiger partial charge in [0.1, 0.15) is 6.54 Å². The maximum atomic E-state index is 12.2. The highest BCUT2D eigenvalue weighted by Crippen LogP contribution is 2.51. The number of fused-ring (bicyclic) bond motifs is 2. The quantitative estimate of drug-likeness (QED) is 0.0600. The number of benzene rings is 2. The van der Waals surface area contributed by atoms with E-state index in [1.807, 2.05) is 20.8 Å². The van der Waals surface area contributed by atoms with Crippen LogP contribution in [0.3, 0.4) is 0 Å². The van der Waals surface area contributed by atoms with E-state index in [0.717, 1.165) is 0 Å². The van der Waals surface area contributed by atoms with Crippen LogP contribution in [0, 0.1) is 12.3 Å². The van der Waals surface area contributed by atoms with E-state index >= 15 is 0 Å². The van der Waals surface area contributed by atoms with E-state index in [1.54, 1.807) is 39.9 Å². The van der Waals surface area contributed by atoms with E-state index in [1.165, 1.54) is 36.4 Å². The summed E-state index contributed by atoms with van der Waals surface area (Å²) in [4.78, 5) is 13.3. The number of rotatable bonds is 19. The highest BCUT2D eigenvalue weighted by Gasteiger charge is 2.45. The lowest BCUT2D eigenvalue weighted by molar-refractivity contribution is -0.437. The molecule has 0 aliphatic carbocycles. The fourth-order valence-corrected chi connectivity index (χ4v) is 9.39. The number of allylic oxidation sites excluding steroid dienone is 6. The third kappa shape index (κ3) is 11.5. The minimum Gasteiger partial charge on any atom is -0.748 e. The van der Waals surface area contributed by atoms with Gasteiger partial charge in [-0.25, -0.2) is 16.8 Å². The van der Waals surface area contributed by atoms with Gasteiger partial charge in [0.15, 0.2) is 5.71 Å². The number of nitrogens with one attached hydrogen (secondary N) is 1. The zero-order valence-corrected chi connectivity index (χ0v) is 35.4. The summed E-state index contributed by atoms with van der Waals surface area (Å²) in [7, 11) is -18.3. The van der Waals surface area contributed by atoms with Gasteiger partial charge in [-0.2, -0.15) is 21.4 Å². The SMILES string of the molecule is C#CCNC(=O)CCCCC1(C)C(=CC=CC=CC2=[N+](CCCS(=O)(=O)[O-])c3ccc(S(=O)(=O)O)cc3C2(C)C)N(CCCS(=O)(=O)[O-])c2ccc(S(=O)(=O)O)cc21. The van der Waals surface area contributed by atoms with Gasteiger partial charge in [0, 0.05) is 65.4 Å². The lowest BCUT2D eigenvalue weighted by Crippen LogP contribution is -2.30. The molecule has 4 rings (SSSR count). The molecule has 0 radical (unpaired) electrons. The molecular weight excluding hydrogens is 835 g/mol. The van der Waals surface area contributed by atoms with Gasteiger partial charge in [-0.1, -0.05) is 30.6 Å². The lowest BCUT2D eigenvalue weighted by Gasteiger charge is -2.30. The third-order valence-corrected chi connectivity index (χ3v) is 13.4. The highest BCUT2D eigenvalue weighted by molar-refractivity contribution is 7.86. The van der Waals surface area contributed by atoms with Crippen molar-refractivity contribution in [3.63, 3.8) is 0 Å². The molecule has 316 valence electrons.